The molecule has 0 aliphatic heterocycles. The molecular weight excluding hydrogens is 384 g/mol. The van der Waals surface area contributed by atoms with Crippen molar-refractivity contribution in [2.45, 2.75) is 0 Å². The molecule has 0 spiro atoms. The second-order valence-corrected chi connectivity index (χ2v) is 6.86. The highest BCUT2D eigenvalue weighted by Gasteiger charge is 1.96. The Hall–Kier alpha value is -4.24. The number of rotatable bonds is 4. The SMILES string of the molecule is C(=C\c1ccccc1)/c1ccccc1.Oc1ccc(/C=C/c2cc(O)cc(O)c2)cc1. The standard InChI is InChI=1S/C14H12O3.C14H12/c15-12-5-3-10(4-6-12)1-2-11-7-13(16)9-14(17)8-11;1-3-7-13(8-4-1)11-12-14-9-5-2-6-10-14/h1-9,15-17H;1-12H/b2-1+;12-11+. The van der Waals surface area contributed by atoms with Crippen molar-refractivity contribution in [1.29, 1.82) is 0 Å². The minimum Gasteiger partial charge on any atom is -0.508 e. The molecule has 0 amide bonds. The Morgan fingerprint density at radius 2 is 0.742 bits per heavy atom. The van der Waals surface area contributed by atoms with Gasteiger partial charge in [-0.15, -0.1) is 0 Å². The lowest BCUT2D eigenvalue weighted by Gasteiger charge is -1.98. The van der Waals surface area contributed by atoms with Gasteiger partial charge in [-0.2, -0.15) is 0 Å². The van der Waals surface area contributed by atoms with E-state index in [9.17, 15) is 10.2 Å². The average molecular weight is 408 g/mol. The Bertz CT molecular complexity index is 1070. The van der Waals surface area contributed by atoms with Crippen LogP contribution in [-0.2, 0) is 0 Å². The van der Waals surface area contributed by atoms with E-state index in [0.29, 0.717) is 5.56 Å². The van der Waals surface area contributed by atoms with Crippen LogP contribution in [0.3, 0.4) is 0 Å². The summed E-state index contributed by atoms with van der Waals surface area (Å²) < 4.78 is 0. The highest BCUT2D eigenvalue weighted by Crippen LogP contribution is 2.22. The van der Waals surface area contributed by atoms with Crippen molar-refractivity contribution < 1.29 is 15.3 Å². The maximum absolute atomic E-state index is 9.30. The Kier molecular flexibility index (Phi) is 7.67. The molecule has 0 bridgehead atoms. The summed E-state index contributed by atoms with van der Waals surface area (Å²) in [5, 5.41) is 27.7. The molecule has 3 nitrogen and oxygen atoms in total. The predicted molar refractivity (Wildman–Crippen MR) is 129 cm³/mol. The van der Waals surface area contributed by atoms with Crippen LogP contribution in [0.15, 0.2) is 103 Å². The summed E-state index contributed by atoms with van der Waals surface area (Å²) in [6.07, 6.45) is 7.84. The van der Waals surface area contributed by atoms with Crippen LogP contribution in [0, 0.1) is 0 Å². The fraction of sp³-hybridized carbons (Fsp3) is 0. The summed E-state index contributed by atoms with van der Waals surface area (Å²) in [6.45, 7) is 0. The first-order valence-corrected chi connectivity index (χ1v) is 9.87. The van der Waals surface area contributed by atoms with Gasteiger partial charge in [-0.3, -0.25) is 0 Å². The van der Waals surface area contributed by atoms with Gasteiger partial charge in [-0.25, -0.2) is 0 Å². The summed E-state index contributed by atoms with van der Waals surface area (Å²) >= 11 is 0. The molecule has 4 aromatic carbocycles. The lowest BCUT2D eigenvalue weighted by molar-refractivity contribution is 0.450. The van der Waals surface area contributed by atoms with E-state index in [1.54, 1.807) is 42.5 Å². The average Bonchev–Trinajstić information content (AvgIpc) is 2.79. The molecule has 3 heteroatoms. The van der Waals surface area contributed by atoms with E-state index in [0.717, 1.165) is 5.56 Å². The van der Waals surface area contributed by atoms with E-state index in [-0.39, 0.29) is 17.2 Å². The van der Waals surface area contributed by atoms with Crippen molar-refractivity contribution in [2.75, 3.05) is 0 Å². The van der Waals surface area contributed by atoms with E-state index in [1.807, 2.05) is 42.5 Å². The third-order valence-electron chi connectivity index (χ3n) is 4.35. The van der Waals surface area contributed by atoms with Gasteiger partial charge < -0.3 is 15.3 Å². The zero-order valence-corrected chi connectivity index (χ0v) is 17.0. The molecule has 0 saturated heterocycles. The van der Waals surface area contributed by atoms with Crippen LogP contribution < -0.4 is 0 Å². The normalized spacial score (nSPS) is 10.7. The largest absolute Gasteiger partial charge is 0.508 e. The number of phenols is 3. The van der Waals surface area contributed by atoms with Gasteiger partial charge in [0.15, 0.2) is 0 Å². The lowest BCUT2D eigenvalue weighted by Crippen LogP contribution is -1.74. The molecule has 31 heavy (non-hydrogen) atoms. The third-order valence-corrected chi connectivity index (χ3v) is 4.35. The number of hydrogen-bond acceptors (Lipinski definition) is 3. The van der Waals surface area contributed by atoms with Crippen LogP contribution >= 0.6 is 0 Å². The fourth-order valence-electron chi connectivity index (χ4n) is 2.81. The van der Waals surface area contributed by atoms with E-state index in [1.165, 1.54) is 17.2 Å². The highest BCUT2D eigenvalue weighted by atomic mass is 16.3. The van der Waals surface area contributed by atoms with Crippen molar-refractivity contribution in [2.24, 2.45) is 0 Å². The van der Waals surface area contributed by atoms with Crippen molar-refractivity contribution in [3.8, 4) is 17.2 Å². The second-order valence-electron chi connectivity index (χ2n) is 6.86. The van der Waals surface area contributed by atoms with Crippen LogP contribution in [0.2, 0.25) is 0 Å². The Balaban J connectivity index is 0.000000179. The molecule has 0 saturated carbocycles. The van der Waals surface area contributed by atoms with Gasteiger partial charge in [0.2, 0.25) is 0 Å². The van der Waals surface area contributed by atoms with Crippen molar-refractivity contribution >= 4 is 24.3 Å². The molecule has 3 N–H and O–H groups in total. The molecule has 0 aliphatic carbocycles. The lowest BCUT2D eigenvalue weighted by atomic mass is 10.1. The summed E-state index contributed by atoms with van der Waals surface area (Å²) in [5.41, 5.74) is 4.09. The van der Waals surface area contributed by atoms with Crippen molar-refractivity contribution in [1.82, 2.24) is 0 Å². The van der Waals surface area contributed by atoms with Gasteiger partial charge in [0, 0.05) is 6.07 Å². The molecular formula is C28H24O3. The summed E-state index contributed by atoms with van der Waals surface area (Å²) in [7, 11) is 0. The number of phenolic OH excluding ortho intramolecular Hbond substituents is 3. The van der Waals surface area contributed by atoms with Crippen molar-refractivity contribution in [3.63, 3.8) is 0 Å². The Labute approximate surface area is 182 Å². The molecule has 0 aliphatic rings. The number of aromatic hydroxyl groups is 3. The second kappa shape index (κ2) is 11.1. The monoisotopic (exact) mass is 408 g/mol. The fourth-order valence-corrected chi connectivity index (χ4v) is 2.81. The van der Waals surface area contributed by atoms with Crippen LogP contribution in [0.25, 0.3) is 24.3 Å². The van der Waals surface area contributed by atoms with Gasteiger partial charge in [-0.1, -0.05) is 97.1 Å². The Morgan fingerprint density at radius 3 is 1.19 bits per heavy atom. The topological polar surface area (TPSA) is 60.7 Å². The molecule has 0 atom stereocenters. The molecule has 4 aromatic rings. The zero-order valence-electron chi connectivity index (χ0n) is 17.0. The quantitative estimate of drug-likeness (QED) is 0.324. The number of benzene rings is 4. The van der Waals surface area contributed by atoms with E-state index >= 15 is 0 Å². The van der Waals surface area contributed by atoms with Gasteiger partial charge in [-0.05, 0) is 46.5 Å². The van der Waals surface area contributed by atoms with Crippen LogP contribution in [0.5, 0.6) is 17.2 Å². The minimum absolute atomic E-state index is 0.0235. The maximum atomic E-state index is 9.30. The smallest absolute Gasteiger partial charge is 0.119 e. The van der Waals surface area contributed by atoms with Gasteiger partial charge in [0.25, 0.3) is 0 Å². The first-order valence-electron chi connectivity index (χ1n) is 9.87. The molecule has 0 fully saturated rings. The number of hydrogen-bond donors (Lipinski definition) is 3. The molecule has 0 unspecified atom stereocenters. The molecule has 0 aromatic heterocycles. The molecule has 0 radical (unpaired) electrons. The Morgan fingerprint density at radius 1 is 0.355 bits per heavy atom. The highest BCUT2D eigenvalue weighted by molar-refractivity contribution is 5.71. The van der Waals surface area contributed by atoms with Gasteiger partial charge in [0.1, 0.15) is 17.2 Å². The van der Waals surface area contributed by atoms with E-state index < -0.39 is 0 Å². The summed E-state index contributed by atoms with van der Waals surface area (Å²) in [5.74, 6) is 0.267. The first kappa shape index (κ1) is 21.5. The van der Waals surface area contributed by atoms with Gasteiger partial charge >= 0.3 is 0 Å². The molecule has 0 heterocycles. The van der Waals surface area contributed by atoms with E-state index in [2.05, 4.69) is 36.4 Å². The first-order chi connectivity index (χ1) is 15.1. The van der Waals surface area contributed by atoms with Crippen LogP contribution in [-0.4, -0.2) is 15.3 Å². The third kappa shape index (κ3) is 7.59. The van der Waals surface area contributed by atoms with Crippen LogP contribution in [0.1, 0.15) is 22.3 Å². The maximum Gasteiger partial charge on any atom is 0.119 e. The minimum atomic E-state index is 0.0235. The zero-order chi connectivity index (χ0) is 21.9. The summed E-state index contributed by atoms with van der Waals surface area (Å²) in [6, 6.07) is 31.7. The van der Waals surface area contributed by atoms with Crippen LogP contribution in [0.4, 0.5) is 0 Å². The molecule has 4 rings (SSSR count). The summed E-state index contributed by atoms with van der Waals surface area (Å²) in [4.78, 5) is 0. The molecule has 154 valence electrons. The predicted octanol–water partition coefficient (Wildman–Crippen LogP) is 6.83. The van der Waals surface area contributed by atoms with Gasteiger partial charge in [0.05, 0.1) is 0 Å². The van der Waals surface area contributed by atoms with Crippen molar-refractivity contribution in [3.05, 3.63) is 125 Å². The van der Waals surface area contributed by atoms with E-state index in [4.69, 9.17) is 5.11 Å².